The lowest BCUT2D eigenvalue weighted by Crippen LogP contribution is -1.96. The molecule has 5 nitrogen and oxygen atoms in total. The van der Waals surface area contributed by atoms with Gasteiger partial charge < -0.3 is 13.7 Å². The van der Waals surface area contributed by atoms with Crippen molar-refractivity contribution in [2.45, 2.75) is 0 Å². The van der Waals surface area contributed by atoms with E-state index in [1.807, 2.05) is 6.07 Å². The molecule has 0 aliphatic carbocycles. The first-order valence-electron chi connectivity index (χ1n) is 17.2. The van der Waals surface area contributed by atoms with Gasteiger partial charge in [0, 0.05) is 67.3 Å². The molecule has 0 unspecified atom stereocenters. The molecule has 0 radical (unpaired) electrons. The van der Waals surface area contributed by atoms with Crippen molar-refractivity contribution in [2.75, 3.05) is 0 Å². The van der Waals surface area contributed by atoms with Crippen LogP contribution in [0.2, 0.25) is 0 Å². The van der Waals surface area contributed by atoms with Gasteiger partial charge in [-0.3, -0.25) is 0 Å². The Bertz CT molecular complexity index is 2850. The summed E-state index contributed by atoms with van der Waals surface area (Å²) in [4.78, 5) is 8.95. The van der Waals surface area contributed by atoms with Crippen LogP contribution < -0.4 is 0 Å². The van der Waals surface area contributed by atoms with Crippen molar-refractivity contribution < 1.29 is 0 Å². The fourth-order valence-electron chi connectivity index (χ4n) is 8.16. The molecular weight excluding hydrogens is 623 g/mol. The van der Waals surface area contributed by atoms with Crippen molar-refractivity contribution in [1.29, 1.82) is 0 Å². The number of hydrogen-bond acceptors (Lipinski definition) is 2. The summed E-state index contributed by atoms with van der Waals surface area (Å²) in [5, 5.41) is 7.42. The highest BCUT2D eigenvalue weighted by Gasteiger charge is 2.19. The number of rotatable bonds is 4. The number of aromatic nitrogens is 5. The lowest BCUT2D eigenvalue weighted by molar-refractivity contribution is 1.15. The van der Waals surface area contributed by atoms with Gasteiger partial charge >= 0.3 is 0 Å². The molecule has 4 aromatic heterocycles. The topological polar surface area (TPSA) is 40.6 Å². The van der Waals surface area contributed by atoms with E-state index in [2.05, 4.69) is 181 Å². The van der Waals surface area contributed by atoms with E-state index in [0.29, 0.717) is 0 Å². The molecule has 0 saturated heterocycles. The van der Waals surface area contributed by atoms with Gasteiger partial charge in [-0.1, -0.05) is 72.8 Å². The molecule has 238 valence electrons. The molecule has 11 aromatic rings. The van der Waals surface area contributed by atoms with Gasteiger partial charge in [-0.05, 0) is 91.0 Å². The average Bonchev–Trinajstić information content (AvgIpc) is 3.83. The van der Waals surface area contributed by atoms with Crippen LogP contribution >= 0.6 is 0 Å². The minimum Gasteiger partial charge on any atom is -0.309 e. The molecule has 4 heterocycles. The van der Waals surface area contributed by atoms with Crippen molar-refractivity contribution in [2.24, 2.45) is 0 Å². The Morgan fingerprint density at radius 1 is 0.294 bits per heavy atom. The van der Waals surface area contributed by atoms with Gasteiger partial charge in [0.2, 0.25) is 0 Å². The molecule has 5 heteroatoms. The third-order valence-electron chi connectivity index (χ3n) is 10.4. The van der Waals surface area contributed by atoms with Gasteiger partial charge in [-0.25, -0.2) is 9.97 Å². The van der Waals surface area contributed by atoms with Crippen LogP contribution in [0.25, 0.3) is 93.9 Å². The van der Waals surface area contributed by atoms with Crippen molar-refractivity contribution in [3.05, 3.63) is 176 Å². The van der Waals surface area contributed by atoms with Gasteiger partial charge in [0.15, 0.2) is 5.82 Å². The van der Waals surface area contributed by atoms with Crippen LogP contribution in [0.5, 0.6) is 0 Å². The zero-order valence-corrected chi connectivity index (χ0v) is 27.5. The molecule has 0 spiro atoms. The quantitative estimate of drug-likeness (QED) is 0.190. The Labute approximate surface area is 292 Å². The van der Waals surface area contributed by atoms with E-state index in [-0.39, 0.29) is 0 Å². The predicted molar refractivity (Wildman–Crippen MR) is 210 cm³/mol. The van der Waals surface area contributed by atoms with Gasteiger partial charge in [0.25, 0.3) is 0 Å². The lowest BCUT2D eigenvalue weighted by atomic mass is 10.1. The van der Waals surface area contributed by atoms with Crippen LogP contribution in [0.3, 0.4) is 0 Å². The molecule has 0 atom stereocenters. The largest absolute Gasteiger partial charge is 0.309 e. The number of benzene rings is 7. The standard InChI is InChI=1S/C46H29N5/c1-5-14-40-34(10-1)35-11-2-6-15-41(35)50(40)32-22-24-44-38(28-32)39-29-33(51-42-16-7-3-12-36(42)37-13-4-8-17-43(37)51)23-25-45(39)49(44)31-20-18-30(19-21-31)46-47-26-9-27-48-46/h1-29H. The van der Waals surface area contributed by atoms with Gasteiger partial charge in [0.05, 0.1) is 33.1 Å². The Kier molecular flexibility index (Phi) is 5.89. The molecule has 11 rings (SSSR count). The van der Waals surface area contributed by atoms with Crippen molar-refractivity contribution in [3.8, 4) is 28.5 Å². The molecule has 0 fully saturated rings. The molecule has 0 amide bonds. The summed E-state index contributed by atoms with van der Waals surface area (Å²) in [6.07, 6.45) is 3.57. The Hall–Kier alpha value is -6.98. The summed E-state index contributed by atoms with van der Waals surface area (Å²) < 4.78 is 7.18. The highest BCUT2D eigenvalue weighted by molar-refractivity contribution is 6.14. The minimum absolute atomic E-state index is 0.720. The third-order valence-corrected chi connectivity index (χ3v) is 10.4. The molecule has 0 aliphatic rings. The molecule has 7 aromatic carbocycles. The molecule has 0 saturated carbocycles. The molecule has 51 heavy (non-hydrogen) atoms. The first-order valence-corrected chi connectivity index (χ1v) is 17.2. The van der Waals surface area contributed by atoms with Crippen LogP contribution in [0.15, 0.2) is 176 Å². The maximum Gasteiger partial charge on any atom is 0.159 e. The second kappa shape index (κ2) is 10.8. The normalized spacial score (nSPS) is 11.9. The number of para-hydroxylation sites is 4. The lowest BCUT2D eigenvalue weighted by Gasteiger charge is -2.11. The zero-order valence-electron chi connectivity index (χ0n) is 27.5. The van der Waals surface area contributed by atoms with E-state index in [1.165, 1.54) is 54.4 Å². The van der Waals surface area contributed by atoms with E-state index < -0.39 is 0 Å². The van der Waals surface area contributed by atoms with E-state index in [0.717, 1.165) is 39.5 Å². The van der Waals surface area contributed by atoms with Crippen molar-refractivity contribution in [3.63, 3.8) is 0 Å². The van der Waals surface area contributed by atoms with Crippen LogP contribution in [0.1, 0.15) is 0 Å². The highest BCUT2D eigenvalue weighted by atomic mass is 15.0. The summed E-state index contributed by atoms with van der Waals surface area (Å²) in [6.45, 7) is 0. The molecular formula is C46H29N5. The number of fused-ring (bicyclic) bond motifs is 9. The van der Waals surface area contributed by atoms with Crippen LogP contribution in [-0.4, -0.2) is 23.7 Å². The summed E-state index contributed by atoms with van der Waals surface area (Å²) in [5.41, 5.74) is 11.5. The smallest absolute Gasteiger partial charge is 0.159 e. The summed E-state index contributed by atoms with van der Waals surface area (Å²) in [6, 6.07) is 59.0. The Morgan fingerprint density at radius 2 is 0.647 bits per heavy atom. The molecule has 0 aliphatic heterocycles. The second-order valence-electron chi connectivity index (χ2n) is 13.1. The Balaban J connectivity index is 1.20. The fourth-order valence-corrected chi connectivity index (χ4v) is 8.16. The second-order valence-corrected chi connectivity index (χ2v) is 13.1. The minimum atomic E-state index is 0.720. The first kappa shape index (κ1) is 27.9. The SMILES string of the molecule is c1cnc(-c2ccc(-n3c4ccc(-n5c6ccccc6c6ccccc65)cc4c4cc(-n5c6ccccc6c6ccccc65)ccc43)cc2)nc1. The van der Waals surface area contributed by atoms with Crippen LogP contribution in [0, 0.1) is 0 Å². The maximum absolute atomic E-state index is 4.47. The molecule has 0 bridgehead atoms. The van der Waals surface area contributed by atoms with E-state index in [4.69, 9.17) is 0 Å². The van der Waals surface area contributed by atoms with Crippen LogP contribution in [-0.2, 0) is 0 Å². The fraction of sp³-hybridized carbons (Fsp3) is 0. The third kappa shape index (κ3) is 4.09. The van der Waals surface area contributed by atoms with Gasteiger partial charge in [-0.15, -0.1) is 0 Å². The van der Waals surface area contributed by atoms with E-state index >= 15 is 0 Å². The van der Waals surface area contributed by atoms with Crippen molar-refractivity contribution in [1.82, 2.24) is 23.7 Å². The number of hydrogen-bond donors (Lipinski definition) is 0. The van der Waals surface area contributed by atoms with Gasteiger partial charge in [0.1, 0.15) is 0 Å². The number of nitrogens with zero attached hydrogens (tertiary/aromatic N) is 5. The van der Waals surface area contributed by atoms with Gasteiger partial charge in [-0.2, -0.15) is 0 Å². The predicted octanol–water partition coefficient (Wildman–Crippen LogP) is 11.4. The maximum atomic E-state index is 4.47. The summed E-state index contributed by atoms with van der Waals surface area (Å²) in [5.74, 6) is 0.720. The van der Waals surface area contributed by atoms with E-state index in [9.17, 15) is 0 Å². The highest BCUT2D eigenvalue weighted by Crippen LogP contribution is 2.39. The Morgan fingerprint density at radius 3 is 1.08 bits per heavy atom. The first-order chi connectivity index (χ1) is 25.3. The summed E-state index contributed by atoms with van der Waals surface area (Å²) >= 11 is 0. The zero-order chi connectivity index (χ0) is 33.5. The average molecular weight is 652 g/mol. The molecule has 0 N–H and O–H groups in total. The monoisotopic (exact) mass is 651 g/mol. The van der Waals surface area contributed by atoms with E-state index in [1.54, 1.807) is 12.4 Å². The summed E-state index contributed by atoms with van der Waals surface area (Å²) in [7, 11) is 0. The van der Waals surface area contributed by atoms with Crippen molar-refractivity contribution >= 4 is 65.4 Å². The van der Waals surface area contributed by atoms with Crippen LogP contribution in [0.4, 0.5) is 0 Å².